The Morgan fingerprint density at radius 1 is 1.19 bits per heavy atom. The number of ether oxygens (including phenoxy) is 2. The Bertz CT molecular complexity index is 1160. The van der Waals surface area contributed by atoms with Gasteiger partial charge in [0, 0.05) is 17.6 Å². The number of aromatic nitrogens is 3. The molecule has 32 heavy (non-hydrogen) atoms. The fourth-order valence-electron chi connectivity index (χ4n) is 3.10. The van der Waals surface area contributed by atoms with E-state index in [-0.39, 0.29) is 36.8 Å². The number of nitrogen functional groups attached to an aromatic ring is 1. The molecule has 0 radical (unpaired) electrons. The van der Waals surface area contributed by atoms with Crippen LogP contribution in [0.15, 0.2) is 48.5 Å². The van der Waals surface area contributed by atoms with Gasteiger partial charge in [-0.15, -0.1) is 0 Å². The highest BCUT2D eigenvalue weighted by molar-refractivity contribution is 6.30. The van der Waals surface area contributed by atoms with Gasteiger partial charge in [-0.1, -0.05) is 23.7 Å². The SMILES string of the molecule is CC(=O)N1C[C@@H](C(=O)OCc2nc(N)nc(Nc3ccc(Cl)cc3)n2)Oc2ccccc21. The number of rotatable bonds is 5. The molecule has 0 fully saturated rings. The van der Waals surface area contributed by atoms with Crippen molar-refractivity contribution in [3.8, 4) is 5.75 Å². The molecule has 0 unspecified atom stereocenters. The molecule has 10 nitrogen and oxygen atoms in total. The number of fused-ring (bicyclic) bond motifs is 1. The van der Waals surface area contributed by atoms with Gasteiger partial charge in [-0.2, -0.15) is 15.0 Å². The first-order chi connectivity index (χ1) is 15.4. The average molecular weight is 455 g/mol. The Kier molecular flexibility index (Phi) is 6.04. The van der Waals surface area contributed by atoms with Crippen molar-refractivity contribution in [1.29, 1.82) is 0 Å². The number of nitrogens with two attached hydrogens (primary N) is 1. The Morgan fingerprint density at radius 2 is 1.94 bits per heavy atom. The Hall–Kier alpha value is -3.92. The van der Waals surface area contributed by atoms with Gasteiger partial charge in [0.15, 0.2) is 12.4 Å². The van der Waals surface area contributed by atoms with Gasteiger partial charge in [0.05, 0.1) is 12.2 Å². The standard InChI is InChI=1S/C21H19ClN6O4/c1-12(29)28-10-17(32-16-5-3-2-4-15(16)28)19(30)31-11-18-25-20(23)27-21(26-18)24-14-8-6-13(22)7-9-14/h2-9,17H,10-11H2,1H3,(H3,23,24,25,26,27)/t17-/m0/s1. The van der Waals surface area contributed by atoms with Crippen LogP contribution in [-0.2, 0) is 20.9 Å². The highest BCUT2D eigenvalue weighted by Gasteiger charge is 2.33. The van der Waals surface area contributed by atoms with Crippen molar-refractivity contribution >= 4 is 46.7 Å². The molecule has 2 heterocycles. The van der Waals surface area contributed by atoms with Gasteiger partial charge < -0.3 is 25.4 Å². The zero-order valence-corrected chi connectivity index (χ0v) is 17.7. The molecule has 4 rings (SSSR count). The van der Waals surface area contributed by atoms with Crippen LogP contribution < -0.4 is 20.7 Å². The maximum absolute atomic E-state index is 12.6. The summed E-state index contributed by atoms with van der Waals surface area (Å²) < 4.78 is 11.1. The van der Waals surface area contributed by atoms with Gasteiger partial charge in [-0.3, -0.25) is 4.79 Å². The smallest absolute Gasteiger partial charge is 0.349 e. The summed E-state index contributed by atoms with van der Waals surface area (Å²) >= 11 is 5.88. The minimum atomic E-state index is -0.986. The number of hydrogen-bond donors (Lipinski definition) is 2. The van der Waals surface area contributed by atoms with Crippen molar-refractivity contribution in [1.82, 2.24) is 15.0 Å². The van der Waals surface area contributed by atoms with E-state index >= 15 is 0 Å². The van der Waals surface area contributed by atoms with Crippen molar-refractivity contribution in [2.45, 2.75) is 19.6 Å². The van der Waals surface area contributed by atoms with Crippen LogP contribution in [0.4, 0.5) is 23.3 Å². The van der Waals surface area contributed by atoms with E-state index in [1.165, 1.54) is 11.8 Å². The zero-order chi connectivity index (χ0) is 22.7. The summed E-state index contributed by atoms with van der Waals surface area (Å²) in [6.07, 6.45) is -0.986. The number of para-hydroxylation sites is 2. The number of esters is 1. The normalized spacial score (nSPS) is 14.8. The summed E-state index contributed by atoms with van der Waals surface area (Å²) in [7, 11) is 0. The van der Waals surface area contributed by atoms with E-state index in [0.717, 1.165) is 0 Å². The lowest BCUT2D eigenvalue weighted by Gasteiger charge is -2.33. The second-order valence-corrected chi connectivity index (χ2v) is 7.31. The molecule has 0 aliphatic carbocycles. The molecule has 0 spiro atoms. The Morgan fingerprint density at radius 3 is 2.69 bits per heavy atom. The number of carbonyl (C=O) groups excluding carboxylic acids is 2. The fourth-order valence-corrected chi connectivity index (χ4v) is 3.23. The Balaban J connectivity index is 1.43. The summed E-state index contributed by atoms with van der Waals surface area (Å²) in [5.74, 6) is -0.125. The van der Waals surface area contributed by atoms with Gasteiger partial charge in [0.2, 0.25) is 23.9 Å². The quantitative estimate of drug-likeness (QED) is 0.558. The molecule has 1 aliphatic rings. The number of nitrogens with one attached hydrogen (secondary N) is 1. The van der Waals surface area contributed by atoms with Crippen LogP contribution in [0.5, 0.6) is 5.75 Å². The zero-order valence-electron chi connectivity index (χ0n) is 17.0. The fraction of sp³-hybridized carbons (Fsp3) is 0.190. The maximum Gasteiger partial charge on any atom is 0.349 e. The third kappa shape index (κ3) is 4.86. The predicted octanol–water partition coefficient (Wildman–Crippen LogP) is 2.71. The molecule has 1 aliphatic heterocycles. The second-order valence-electron chi connectivity index (χ2n) is 6.88. The molecule has 1 aromatic heterocycles. The van der Waals surface area contributed by atoms with Crippen LogP contribution in [0.2, 0.25) is 5.02 Å². The minimum absolute atomic E-state index is 0.0342. The Labute approximate surface area is 188 Å². The van der Waals surface area contributed by atoms with Crippen molar-refractivity contribution in [3.63, 3.8) is 0 Å². The van der Waals surface area contributed by atoms with Crippen molar-refractivity contribution in [2.75, 3.05) is 22.5 Å². The molecule has 3 aromatic rings. The van der Waals surface area contributed by atoms with Crippen LogP contribution in [0.1, 0.15) is 12.7 Å². The van der Waals surface area contributed by atoms with E-state index in [2.05, 4.69) is 20.3 Å². The van der Waals surface area contributed by atoms with E-state index in [1.54, 1.807) is 48.5 Å². The number of hydrogen-bond acceptors (Lipinski definition) is 9. The van der Waals surface area contributed by atoms with Crippen LogP contribution in [0.3, 0.4) is 0 Å². The van der Waals surface area contributed by atoms with Gasteiger partial charge in [0.25, 0.3) is 0 Å². The van der Waals surface area contributed by atoms with E-state index in [9.17, 15) is 9.59 Å². The summed E-state index contributed by atoms with van der Waals surface area (Å²) in [6, 6.07) is 13.9. The lowest BCUT2D eigenvalue weighted by atomic mass is 10.2. The first-order valence-corrected chi connectivity index (χ1v) is 10.0. The first-order valence-electron chi connectivity index (χ1n) is 9.62. The highest BCUT2D eigenvalue weighted by Crippen LogP contribution is 2.33. The van der Waals surface area contributed by atoms with Crippen LogP contribution >= 0.6 is 11.6 Å². The molecule has 0 saturated carbocycles. The summed E-state index contributed by atoms with van der Waals surface area (Å²) in [6.45, 7) is 1.21. The number of carbonyl (C=O) groups is 2. The van der Waals surface area contributed by atoms with E-state index in [4.69, 9.17) is 26.8 Å². The monoisotopic (exact) mass is 454 g/mol. The summed E-state index contributed by atoms with van der Waals surface area (Å²) in [5, 5.41) is 3.57. The third-order valence-corrected chi connectivity index (χ3v) is 4.81. The van der Waals surface area contributed by atoms with Crippen LogP contribution in [0.25, 0.3) is 0 Å². The van der Waals surface area contributed by atoms with Crippen LogP contribution in [-0.4, -0.2) is 39.5 Å². The summed E-state index contributed by atoms with van der Waals surface area (Å²) in [4.78, 5) is 38.4. The van der Waals surface area contributed by atoms with Gasteiger partial charge in [-0.05, 0) is 36.4 Å². The summed E-state index contributed by atoms with van der Waals surface area (Å²) in [5.41, 5.74) is 7.06. The topological polar surface area (TPSA) is 133 Å². The maximum atomic E-state index is 12.6. The van der Waals surface area contributed by atoms with E-state index < -0.39 is 12.1 Å². The molecule has 2 aromatic carbocycles. The number of anilines is 4. The first kappa shape index (κ1) is 21.3. The number of nitrogens with zero attached hydrogens (tertiary/aromatic N) is 4. The lowest BCUT2D eigenvalue weighted by molar-refractivity contribution is -0.153. The third-order valence-electron chi connectivity index (χ3n) is 4.56. The highest BCUT2D eigenvalue weighted by atomic mass is 35.5. The molecular weight excluding hydrogens is 436 g/mol. The molecule has 1 amide bonds. The van der Waals surface area contributed by atoms with E-state index in [1.807, 2.05) is 0 Å². The minimum Gasteiger partial charge on any atom is -0.475 e. The van der Waals surface area contributed by atoms with Gasteiger partial charge in [0.1, 0.15) is 5.75 Å². The molecule has 164 valence electrons. The molecule has 1 atom stereocenters. The van der Waals surface area contributed by atoms with E-state index in [0.29, 0.717) is 22.1 Å². The number of halogens is 1. The molecule has 11 heteroatoms. The predicted molar refractivity (Wildman–Crippen MR) is 118 cm³/mol. The van der Waals surface area contributed by atoms with Crippen molar-refractivity contribution in [3.05, 3.63) is 59.4 Å². The second kappa shape index (κ2) is 9.06. The van der Waals surface area contributed by atoms with Crippen molar-refractivity contribution in [2.24, 2.45) is 0 Å². The molecule has 0 bridgehead atoms. The molecular formula is C21H19ClN6O4. The van der Waals surface area contributed by atoms with Gasteiger partial charge >= 0.3 is 5.97 Å². The lowest BCUT2D eigenvalue weighted by Crippen LogP contribution is -2.47. The largest absolute Gasteiger partial charge is 0.475 e. The molecule has 3 N–H and O–H groups in total. The van der Waals surface area contributed by atoms with Crippen molar-refractivity contribution < 1.29 is 19.1 Å². The average Bonchev–Trinajstić information content (AvgIpc) is 2.78. The van der Waals surface area contributed by atoms with Gasteiger partial charge in [-0.25, -0.2) is 4.79 Å². The van der Waals surface area contributed by atoms with Crippen LogP contribution in [0, 0.1) is 0 Å². The number of amides is 1. The number of benzene rings is 2. The molecule has 0 saturated heterocycles.